The van der Waals surface area contributed by atoms with Crippen molar-refractivity contribution in [1.29, 1.82) is 0 Å². The molecular formula is C14H19BrO2. The SMILES string of the molecule is COC(=O)C(C)(C)CCCc1ccccc1Br. The number of carbonyl (C=O) groups is 1. The summed E-state index contributed by atoms with van der Waals surface area (Å²) in [7, 11) is 1.44. The van der Waals surface area contributed by atoms with Crippen LogP contribution in [0, 0.1) is 5.41 Å². The summed E-state index contributed by atoms with van der Waals surface area (Å²) in [6, 6.07) is 8.19. The molecule has 0 N–H and O–H groups in total. The second kappa shape index (κ2) is 6.20. The monoisotopic (exact) mass is 298 g/mol. The molecule has 0 heterocycles. The van der Waals surface area contributed by atoms with Crippen molar-refractivity contribution in [2.45, 2.75) is 33.1 Å². The summed E-state index contributed by atoms with van der Waals surface area (Å²) < 4.78 is 5.93. The maximum atomic E-state index is 11.5. The maximum absolute atomic E-state index is 11.5. The molecule has 0 unspecified atom stereocenters. The molecular weight excluding hydrogens is 280 g/mol. The van der Waals surface area contributed by atoms with Crippen molar-refractivity contribution in [3.8, 4) is 0 Å². The number of hydrogen-bond donors (Lipinski definition) is 0. The normalized spacial score (nSPS) is 11.3. The molecule has 0 radical (unpaired) electrons. The van der Waals surface area contributed by atoms with Crippen LogP contribution in [-0.2, 0) is 16.0 Å². The lowest BCUT2D eigenvalue weighted by Crippen LogP contribution is -2.25. The van der Waals surface area contributed by atoms with E-state index >= 15 is 0 Å². The fraction of sp³-hybridized carbons (Fsp3) is 0.500. The topological polar surface area (TPSA) is 26.3 Å². The van der Waals surface area contributed by atoms with E-state index in [0.29, 0.717) is 0 Å². The Morgan fingerprint density at radius 2 is 2.00 bits per heavy atom. The quantitative estimate of drug-likeness (QED) is 0.769. The van der Waals surface area contributed by atoms with Gasteiger partial charge < -0.3 is 4.74 Å². The van der Waals surface area contributed by atoms with Gasteiger partial charge in [-0.25, -0.2) is 0 Å². The number of halogens is 1. The summed E-state index contributed by atoms with van der Waals surface area (Å²) in [4.78, 5) is 11.5. The van der Waals surface area contributed by atoms with Crippen LogP contribution < -0.4 is 0 Å². The van der Waals surface area contributed by atoms with Gasteiger partial charge in [-0.15, -0.1) is 0 Å². The molecule has 3 heteroatoms. The Labute approximate surface area is 111 Å². The summed E-state index contributed by atoms with van der Waals surface area (Å²) in [5.74, 6) is -0.135. The third-order valence-electron chi connectivity index (χ3n) is 2.94. The van der Waals surface area contributed by atoms with Crippen molar-refractivity contribution in [2.24, 2.45) is 5.41 Å². The van der Waals surface area contributed by atoms with Crippen LogP contribution in [-0.4, -0.2) is 13.1 Å². The number of ether oxygens (including phenoxy) is 1. The van der Waals surface area contributed by atoms with E-state index in [4.69, 9.17) is 4.74 Å². The summed E-state index contributed by atoms with van der Waals surface area (Å²) in [6.45, 7) is 3.86. The van der Waals surface area contributed by atoms with Crippen LogP contribution in [0.5, 0.6) is 0 Å². The van der Waals surface area contributed by atoms with Gasteiger partial charge >= 0.3 is 5.97 Å². The molecule has 0 spiro atoms. The summed E-state index contributed by atoms with van der Waals surface area (Å²) in [5.41, 5.74) is 0.892. The van der Waals surface area contributed by atoms with Crippen LogP contribution in [0.4, 0.5) is 0 Å². The highest BCUT2D eigenvalue weighted by Crippen LogP contribution is 2.26. The molecule has 0 saturated heterocycles. The molecule has 1 aromatic rings. The largest absolute Gasteiger partial charge is 0.469 e. The summed E-state index contributed by atoms with van der Waals surface area (Å²) in [5, 5.41) is 0. The first-order valence-electron chi connectivity index (χ1n) is 5.79. The Kier molecular flexibility index (Phi) is 5.19. The average Bonchev–Trinajstić information content (AvgIpc) is 2.30. The first-order chi connectivity index (χ1) is 7.97. The van der Waals surface area contributed by atoms with Gasteiger partial charge in [0.05, 0.1) is 12.5 Å². The summed E-state index contributed by atoms with van der Waals surface area (Å²) >= 11 is 3.53. The van der Waals surface area contributed by atoms with E-state index in [9.17, 15) is 4.79 Å². The minimum absolute atomic E-state index is 0.135. The van der Waals surface area contributed by atoms with Crippen molar-refractivity contribution in [3.63, 3.8) is 0 Å². The molecule has 0 fully saturated rings. The predicted molar refractivity (Wildman–Crippen MR) is 72.9 cm³/mol. The number of hydrogen-bond acceptors (Lipinski definition) is 2. The van der Waals surface area contributed by atoms with E-state index in [1.54, 1.807) is 0 Å². The summed E-state index contributed by atoms with van der Waals surface area (Å²) in [6.07, 6.45) is 2.79. The van der Waals surface area contributed by atoms with E-state index in [2.05, 4.69) is 22.0 Å². The first-order valence-corrected chi connectivity index (χ1v) is 6.58. The third kappa shape index (κ3) is 4.15. The van der Waals surface area contributed by atoms with Crippen LogP contribution in [0.3, 0.4) is 0 Å². The Morgan fingerprint density at radius 3 is 2.59 bits per heavy atom. The second-order valence-electron chi connectivity index (χ2n) is 4.82. The number of methoxy groups -OCH3 is 1. The molecule has 0 amide bonds. The highest BCUT2D eigenvalue weighted by atomic mass is 79.9. The molecule has 94 valence electrons. The fourth-order valence-corrected chi connectivity index (χ4v) is 2.28. The molecule has 1 aromatic carbocycles. The van der Waals surface area contributed by atoms with Crippen molar-refractivity contribution in [3.05, 3.63) is 34.3 Å². The van der Waals surface area contributed by atoms with Gasteiger partial charge in [0, 0.05) is 4.47 Å². The van der Waals surface area contributed by atoms with Crippen molar-refractivity contribution in [1.82, 2.24) is 0 Å². The van der Waals surface area contributed by atoms with Crippen molar-refractivity contribution < 1.29 is 9.53 Å². The van der Waals surface area contributed by atoms with Gasteiger partial charge in [0.15, 0.2) is 0 Å². The Balaban J connectivity index is 2.48. The minimum Gasteiger partial charge on any atom is -0.469 e. The van der Waals surface area contributed by atoms with Crippen molar-refractivity contribution >= 4 is 21.9 Å². The van der Waals surface area contributed by atoms with E-state index < -0.39 is 5.41 Å². The van der Waals surface area contributed by atoms with Crippen LogP contribution >= 0.6 is 15.9 Å². The molecule has 0 atom stereocenters. The zero-order chi connectivity index (χ0) is 12.9. The van der Waals surface area contributed by atoms with Gasteiger partial charge in [0.1, 0.15) is 0 Å². The maximum Gasteiger partial charge on any atom is 0.311 e. The van der Waals surface area contributed by atoms with Crippen LogP contribution in [0.2, 0.25) is 0 Å². The average molecular weight is 299 g/mol. The highest BCUT2D eigenvalue weighted by molar-refractivity contribution is 9.10. The Hall–Kier alpha value is -0.830. The van der Waals surface area contributed by atoms with Crippen LogP contribution in [0.15, 0.2) is 28.7 Å². The molecule has 0 aliphatic carbocycles. The predicted octanol–water partition coefficient (Wildman–Crippen LogP) is 3.97. The third-order valence-corrected chi connectivity index (χ3v) is 3.72. The number of benzene rings is 1. The van der Waals surface area contributed by atoms with E-state index in [1.165, 1.54) is 12.7 Å². The molecule has 0 aromatic heterocycles. The first kappa shape index (κ1) is 14.2. The number of aryl methyl sites for hydroxylation is 1. The highest BCUT2D eigenvalue weighted by Gasteiger charge is 2.27. The molecule has 0 aliphatic heterocycles. The smallest absolute Gasteiger partial charge is 0.311 e. The number of carbonyl (C=O) groups excluding carboxylic acids is 1. The van der Waals surface area contributed by atoms with Crippen LogP contribution in [0.1, 0.15) is 32.3 Å². The van der Waals surface area contributed by atoms with Gasteiger partial charge in [-0.2, -0.15) is 0 Å². The van der Waals surface area contributed by atoms with E-state index in [-0.39, 0.29) is 5.97 Å². The van der Waals surface area contributed by atoms with Gasteiger partial charge in [0.25, 0.3) is 0 Å². The molecule has 0 aliphatic rings. The number of esters is 1. The molecule has 0 bridgehead atoms. The molecule has 1 rings (SSSR count). The zero-order valence-electron chi connectivity index (χ0n) is 10.6. The molecule has 17 heavy (non-hydrogen) atoms. The van der Waals surface area contributed by atoms with Gasteiger partial charge in [0.2, 0.25) is 0 Å². The second-order valence-corrected chi connectivity index (χ2v) is 5.67. The lowest BCUT2D eigenvalue weighted by molar-refractivity contribution is -0.151. The van der Waals surface area contributed by atoms with Gasteiger partial charge in [-0.05, 0) is 44.7 Å². The fourth-order valence-electron chi connectivity index (χ4n) is 1.80. The van der Waals surface area contributed by atoms with Crippen LogP contribution in [0.25, 0.3) is 0 Å². The van der Waals surface area contributed by atoms with E-state index in [1.807, 2.05) is 32.0 Å². The zero-order valence-corrected chi connectivity index (χ0v) is 12.2. The molecule has 2 nitrogen and oxygen atoms in total. The lowest BCUT2D eigenvalue weighted by atomic mass is 9.86. The lowest BCUT2D eigenvalue weighted by Gasteiger charge is -2.21. The number of rotatable bonds is 5. The standard InChI is InChI=1S/C14H19BrO2/c1-14(2,13(16)17-3)10-6-8-11-7-4-5-9-12(11)15/h4-5,7,9H,6,8,10H2,1-3H3. The Bertz CT molecular complexity index is 386. The minimum atomic E-state index is -0.393. The van der Waals surface area contributed by atoms with Crippen molar-refractivity contribution in [2.75, 3.05) is 7.11 Å². The van der Waals surface area contributed by atoms with Gasteiger partial charge in [-0.3, -0.25) is 4.79 Å². The molecule has 0 saturated carbocycles. The Morgan fingerprint density at radius 1 is 1.35 bits per heavy atom. The van der Waals surface area contributed by atoms with Gasteiger partial charge in [-0.1, -0.05) is 34.1 Å². The van der Waals surface area contributed by atoms with E-state index in [0.717, 1.165) is 23.7 Å².